The zero-order chi connectivity index (χ0) is 29.3. The molecule has 0 unspecified atom stereocenters. The Bertz CT molecular complexity index is 1190. The molecule has 218 valence electrons. The van der Waals surface area contributed by atoms with Crippen LogP contribution < -0.4 is 10.6 Å². The van der Waals surface area contributed by atoms with Crippen LogP contribution in [0.2, 0.25) is 0 Å². The number of carbonyl (C=O) groups excluding carboxylic acids is 2. The molecule has 13 heteroatoms. The number of halogens is 6. The van der Waals surface area contributed by atoms with E-state index in [1.54, 1.807) is 18.2 Å². The van der Waals surface area contributed by atoms with Crippen LogP contribution in [-0.2, 0) is 32.2 Å². The third-order valence-corrected chi connectivity index (χ3v) is 7.54. The van der Waals surface area contributed by atoms with E-state index in [4.69, 9.17) is 9.47 Å². The molecule has 0 saturated carbocycles. The van der Waals surface area contributed by atoms with E-state index in [2.05, 4.69) is 10.6 Å². The number of rotatable bonds is 8. The number of nitrogens with zero attached hydrogens (tertiary/aromatic N) is 1. The van der Waals surface area contributed by atoms with Gasteiger partial charge in [0, 0.05) is 13.7 Å². The summed E-state index contributed by atoms with van der Waals surface area (Å²) in [5, 5.41) is 5.69. The van der Waals surface area contributed by atoms with Gasteiger partial charge in [0.05, 0.1) is 41.5 Å². The number of hydrogen-bond acceptors (Lipinski definition) is 5. The van der Waals surface area contributed by atoms with Crippen LogP contribution in [0.15, 0.2) is 48.5 Å². The fourth-order valence-electron chi connectivity index (χ4n) is 5.27. The maximum absolute atomic E-state index is 13.4. The number of benzene rings is 2. The maximum atomic E-state index is 13.4. The van der Waals surface area contributed by atoms with Crippen molar-refractivity contribution >= 4 is 11.9 Å². The quantitative estimate of drug-likeness (QED) is 0.343. The van der Waals surface area contributed by atoms with Crippen LogP contribution in [-0.4, -0.2) is 55.8 Å². The first kappa shape index (κ1) is 29.8. The fraction of sp³-hybridized carbons (Fsp3) is 0.481. The van der Waals surface area contributed by atoms with Crippen molar-refractivity contribution in [1.29, 1.82) is 0 Å². The van der Waals surface area contributed by atoms with Crippen molar-refractivity contribution in [3.05, 3.63) is 70.8 Å². The van der Waals surface area contributed by atoms with E-state index in [0.29, 0.717) is 25.0 Å². The van der Waals surface area contributed by atoms with Gasteiger partial charge in [-0.2, -0.15) is 26.3 Å². The Labute approximate surface area is 226 Å². The molecule has 2 saturated heterocycles. The van der Waals surface area contributed by atoms with Crippen LogP contribution in [0.4, 0.5) is 31.1 Å². The molecule has 0 aromatic heterocycles. The van der Waals surface area contributed by atoms with E-state index < -0.39 is 52.6 Å². The molecular weight excluding hydrogens is 544 g/mol. The standard InChI is InChI=1S/C27H29F6N3O4/c1-17(18-10-20(26(28,29)30)12-21(11-18)27(31,32)33)40-16-25(19-6-4-3-5-7-19)9-8-24(14-34-25,15-39-2)36-13-22(37)35-23(36)38/h3-7,10-12,17,34H,8-9,13-16H2,1-2H3,(H,35,37,38)/t17-,24+,25-/m1/s1. The lowest BCUT2D eigenvalue weighted by atomic mass is 9.76. The second-order valence-corrected chi connectivity index (χ2v) is 10.2. The molecule has 3 atom stereocenters. The highest BCUT2D eigenvalue weighted by Gasteiger charge is 2.51. The second-order valence-electron chi connectivity index (χ2n) is 10.2. The van der Waals surface area contributed by atoms with Crippen LogP contribution in [0.25, 0.3) is 0 Å². The number of methoxy groups -OCH3 is 1. The summed E-state index contributed by atoms with van der Waals surface area (Å²) in [6.07, 6.45) is -10.3. The summed E-state index contributed by atoms with van der Waals surface area (Å²) in [4.78, 5) is 25.8. The van der Waals surface area contributed by atoms with Gasteiger partial charge in [-0.25, -0.2) is 4.79 Å². The third-order valence-electron chi connectivity index (χ3n) is 7.54. The van der Waals surface area contributed by atoms with Gasteiger partial charge < -0.3 is 19.7 Å². The van der Waals surface area contributed by atoms with E-state index in [1.165, 1.54) is 18.9 Å². The number of amides is 3. The molecule has 2 aromatic carbocycles. The first-order valence-electron chi connectivity index (χ1n) is 12.5. The van der Waals surface area contributed by atoms with Crippen LogP contribution >= 0.6 is 0 Å². The minimum absolute atomic E-state index is 0.0823. The Hall–Kier alpha value is -3.16. The van der Waals surface area contributed by atoms with Crippen molar-refractivity contribution < 1.29 is 45.4 Å². The number of nitrogens with one attached hydrogen (secondary N) is 2. The molecule has 0 spiro atoms. The summed E-state index contributed by atoms with van der Waals surface area (Å²) >= 11 is 0. The lowest BCUT2D eigenvalue weighted by molar-refractivity contribution is -0.143. The van der Waals surface area contributed by atoms with Crippen LogP contribution in [0.5, 0.6) is 0 Å². The zero-order valence-corrected chi connectivity index (χ0v) is 21.8. The summed E-state index contributed by atoms with van der Waals surface area (Å²) in [6, 6.07) is 9.95. The molecule has 4 rings (SSSR count). The Morgan fingerprint density at radius 3 is 2.05 bits per heavy atom. The number of piperidine rings is 1. The van der Waals surface area contributed by atoms with Gasteiger partial charge in [-0.05, 0) is 49.1 Å². The molecule has 40 heavy (non-hydrogen) atoms. The molecule has 2 aliphatic heterocycles. The molecular formula is C27H29F6N3O4. The lowest BCUT2D eigenvalue weighted by Gasteiger charge is -2.50. The van der Waals surface area contributed by atoms with Gasteiger partial charge in [0.1, 0.15) is 6.54 Å². The lowest BCUT2D eigenvalue weighted by Crippen LogP contribution is -2.66. The predicted molar refractivity (Wildman–Crippen MR) is 131 cm³/mol. The van der Waals surface area contributed by atoms with Crippen LogP contribution in [0.3, 0.4) is 0 Å². The first-order chi connectivity index (χ1) is 18.7. The number of urea groups is 1. The molecule has 2 N–H and O–H groups in total. The van der Waals surface area contributed by atoms with E-state index >= 15 is 0 Å². The van der Waals surface area contributed by atoms with E-state index in [0.717, 1.165) is 5.56 Å². The van der Waals surface area contributed by atoms with E-state index in [9.17, 15) is 35.9 Å². The first-order valence-corrected chi connectivity index (χ1v) is 12.5. The molecule has 2 heterocycles. The molecule has 0 bridgehead atoms. The number of ether oxygens (including phenoxy) is 2. The molecule has 0 radical (unpaired) electrons. The van der Waals surface area contributed by atoms with Gasteiger partial charge in [0.15, 0.2) is 0 Å². The highest BCUT2D eigenvalue weighted by molar-refractivity contribution is 6.02. The highest BCUT2D eigenvalue weighted by Crippen LogP contribution is 2.41. The van der Waals surface area contributed by atoms with Gasteiger partial charge >= 0.3 is 18.4 Å². The Balaban J connectivity index is 1.61. The van der Waals surface area contributed by atoms with E-state index in [-0.39, 0.29) is 37.9 Å². The maximum Gasteiger partial charge on any atom is 0.416 e. The molecule has 2 fully saturated rings. The Kier molecular flexibility index (Phi) is 8.21. The van der Waals surface area contributed by atoms with E-state index in [1.807, 2.05) is 12.1 Å². The van der Waals surface area contributed by atoms with Crippen molar-refractivity contribution in [2.24, 2.45) is 0 Å². The minimum Gasteiger partial charge on any atom is -0.382 e. The molecule has 2 aromatic rings. The SMILES string of the molecule is COC[C@]1(N2CC(=O)NC2=O)CC[C@@](CO[C@H](C)c2cc(C(F)(F)F)cc(C(F)(F)F)c2)(c2ccccc2)NC1. The van der Waals surface area contributed by atoms with Crippen molar-refractivity contribution in [2.45, 2.75) is 49.3 Å². The van der Waals surface area contributed by atoms with Gasteiger partial charge in [0.2, 0.25) is 5.91 Å². The highest BCUT2D eigenvalue weighted by atomic mass is 19.4. The van der Waals surface area contributed by atoms with Crippen molar-refractivity contribution in [3.8, 4) is 0 Å². The Morgan fingerprint density at radius 1 is 0.950 bits per heavy atom. The predicted octanol–water partition coefficient (Wildman–Crippen LogP) is 5.02. The number of alkyl halides is 6. The smallest absolute Gasteiger partial charge is 0.382 e. The fourth-order valence-corrected chi connectivity index (χ4v) is 5.27. The summed E-state index contributed by atoms with van der Waals surface area (Å²) in [6.45, 7) is 1.49. The van der Waals surface area contributed by atoms with Gasteiger partial charge in [-0.15, -0.1) is 0 Å². The van der Waals surface area contributed by atoms with Crippen LogP contribution in [0, 0.1) is 0 Å². The molecule has 3 amide bonds. The summed E-state index contributed by atoms with van der Waals surface area (Å²) in [5.41, 5.74) is -4.05. The topological polar surface area (TPSA) is 79.9 Å². The zero-order valence-electron chi connectivity index (χ0n) is 21.8. The molecule has 2 aliphatic rings. The number of hydrogen-bond donors (Lipinski definition) is 2. The Morgan fingerprint density at radius 2 is 1.57 bits per heavy atom. The second kappa shape index (κ2) is 11.0. The summed E-state index contributed by atoms with van der Waals surface area (Å²) < 4.78 is 91.7. The van der Waals surface area contributed by atoms with Crippen LogP contribution in [0.1, 0.15) is 48.1 Å². The monoisotopic (exact) mass is 573 g/mol. The van der Waals surface area contributed by atoms with Gasteiger partial charge in [-0.1, -0.05) is 30.3 Å². The molecule has 7 nitrogen and oxygen atoms in total. The van der Waals surface area contributed by atoms with Gasteiger partial charge in [-0.3, -0.25) is 10.1 Å². The summed E-state index contributed by atoms with van der Waals surface area (Å²) in [7, 11) is 1.48. The minimum atomic E-state index is -4.97. The molecule has 0 aliphatic carbocycles. The average Bonchev–Trinajstić information content (AvgIpc) is 3.26. The van der Waals surface area contributed by atoms with Crippen molar-refractivity contribution in [1.82, 2.24) is 15.5 Å². The third kappa shape index (κ3) is 6.11. The van der Waals surface area contributed by atoms with Crippen molar-refractivity contribution in [2.75, 3.05) is 33.4 Å². The normalized spacial score (nSPS) is 24.8. The largest absolute Gasteiger partial charge is 0.416 e. The number of carbonyl (C=O) groups is 2. The number of imide groups is 1. The van der Waals surface area contributed by atoms with Crippen molar-refractivity contribution in [3.63, 3.8) is 0 Å². The van der Waals surface area contributed by atoms with Gasteiger partial charge in [0.25, 0.3) is 0 Å². The average molecular weight is 574 g/mol. The summed E-state index contributed by atoms with van der Waals surface area (Å²) in [5.74, 6) is -0.433.